The molecule has 1 amide bonds. The number of carbonyl (C=O) groups excluding carboxylic acids is 1. The summed E-state index contributed by atoms with van der Waals surface area (Å²) in [5, 5.41) is 0.648. The molecule has 4 nitrogen and oxygen atoms in total. The first kappa shape index (κ1) is 13.4. The number of ether oxygens (including phenoxy) is 1. The molecule has 3 N–H and O–H groups in total. The van der Waals surface area contributed by atoms with Gasteiger partial charge < -0.3 is 4.74 Å². The van der Waals surface area contributed by atoms with Crippen LogP contribution in [0.25, 0.3) is 0 Å². The molecule has 0 aromatic heterocycles. The van der Waals surface area contributed by atoms with Crippen LogP contribution in [0.3, 0.4) is 0 Å². The lowest BCUT2D eigenvalue weighted by molar-refractivity contribution is 0.0951. The van der Waals surface area contributed by atoms with E-state index in [0.29, 0.717) is 16.3 Å². The smallest absolute Gasteiger partial charge is 0.265 e. The van der Waals surface area contributed by atoms with Crippen LogP contribution in [0.5, 0.6) is 5.75 Å². The number of benzene rings is 2. The maximum atomic E-state index is 11.6. The van der Waals surface area contributed by atoms with Crippen molar-refractivity contribution in [2.24, 2.45) is 5.84 Å². The predicted molar refractivity (Wildman–Crippen MR) is 73.9 cm³/mol. The van der Waals surface area contributed by atoms with Gasteiger partial charge in [0.15, 0.2) is 0 Å². The molecule has 0 fully saturated rings. The van der Waals surface area contributed by atoms with E-state index in [4.69, 9.17) is 22.2 Å². The summed E-state index contributed by atoms with van der Waals surface area (Å²) in [5.41, 5.74) is 3.38. The fraction of sp³-hybridized carbons (Fsp3) is 0.0714. The molecular formula is C14H13ClN2O2. The van der Waals surface area contributed by atoms with Crippen LogP contribution in [0.1, 0.15) is 15.9 Å². The van der Waals surface area contributed by atoms with E-state index >= 15 is 0 Å². The van der Waals surface area contributed by atoms with Gasteiger partial charge in [0.05, 0.1) is 0 Å². The second kappa shape index (κ2) is 6.22. The molecular weight excluding hydrogens is 264 g/mol. The lowest BCUT2D eigenvalue weighted by Gasteiger charge is -2.10. The summed E-state index contributed by atoms with van der Waals surface area (Å²) in [6.45, 7) is 0.283. The fourth-order valence-electron chi connectivity index (χ4n) is 1.64. The van der Waals surface area contributed by atoms with Crippen LogP contribution < -0.4 is 16.0 Å². The Balaban J connectivity index is 2.11. The number of carbonyl (C=O) groups is 1. The van der Waals surface area contributed by atoms with Gasteiger partial charge >= 0.3 is 0 Å². The molecule has 0 saturated carbocycles. The molecule has 98 valence electrons. The first-order valence-electron chi connectivity index (χ1n) is 5.68. The van der Waals surface area contributed by atoms with E-state index in [1.54, 1.807) is 36.4 Å². The van der Waals surface area contributed by atoms with Gasteiger partial charge in [0.1, 0.15) is 12.4 Å². The van der Waals surface area contributed by atoms with Gasteiger partial charge in [0.25, 0.3) is 5.91 Å². The van der Waals surface area contributed by atoms with Gasteiger partial charge in [-0.1, -0.05) is 29.8 Å². The Kier molecular flexibility index (Phi) is 4.39. The highest BCUT2D eigenvalue weighted by atomic mass is 35.5. The predicted octanol–water partition coefficient (Wildman–Crippen LogP) is 2.52. The largest absolute Gasteiger partial charge is 0.489 e. The summed E-state index contributed by atoms with van der Waals surface area (Å²) in [6.07, 6.45) is 0. The SMILES string of the molecule is NNC(=O)c1ccccc1COc1ccc(Cl)cc1. The lowest BCUT2D eigenvalue weighted by atomic mass is 10.1. The molecule has 2 aromatic carbocycles. The van der Waals surface area contributed by atoms with E-state index in [9.17, 15) is 4.79 Å². The minimum absolute atomic E-state index is 0.283. The molecule has 0 aliphatic carbocycles. The molecule has 0 aliphatic heterocycles. The molecule has 2 rings (SSSR count). The zero-order valence-corrected chi connectivity index (χ0v) is 10.9. The average Bonchev–Trinajstić information content (AvgIpc) is 2.46. The van der Waals surface area contributed by atoms with E-state index in [2.05, 4.69) is 5.43 Å². The summed E-state index contributed by atoms with van der Waals surface area (Å²) >= 11 is 5.79. The molecule has 0 radical (unpaired) electrons. The van der Waals surface area contributed by atoms with Crippen LogP contribution >= 0.6 is 11.6 Å². The third-order valence-electron chi connectivity index (χ3n) is 2.60. The summed E-state index contributed by atoms with van der Waals surface area (Å²) < 4.78 is 5.60. The number of halogens is 1. The maximum Gasteiger partial charge on any atom is 0.265 e. The Morgan fingerprint density at radius 2 is 1.84 bits per heavy atom. The van der Waals surface area contributed by atoms with Gasteiger partial charge in [-0.25, -0.2) is 5.84 Å². The number of amides is 1. The second-order valence-electron chi connectivity index (χ2n) is 3.87. The van der Waals surface area contributed by atoms with Crippen molar-refractivity contribution in [3.05, 3.63) is 64.7 Å². The fourth-order valence-corrected chi connectivity index (χ4v) is 1.76. The normalized spacial score (nSPS) is 10.0. The van der Waals surface area contributed by atoms with Gasteiger partial charge in [0, 0.05) is 16.1 Å². The van der Waals surface area contributed by atoms with E-state index in [0.717, 1.165) is 5.56 Å². The van der Waals surface area contributed by atoms with Crippen molar-refractivity contribution in [1.82, 2.24) is 5.43 Å². The quantitative estimate of drug-likeness (QED) is 0.512. The van der Waals surface area contributed by atoms with Crippen LogP contribution in [-0.4, -0.2) is 5.91 Å². The molecule has 0 bridgehead atoms. The van der Waals surface area contributed by atoms with Crippen molar-refractivity contribution in [3.8, 4) is 5.75 Å². The maximum absolute atomic E-state index is 11.6. The second-order valence-corrected chi connectivity index (χ2v) is 4.31. The Morgan fingerprint density at radius 3 is 2.53 bits per heavy atom. The van der Waals surface area contributed by atoms with E-state index < -0.39 is 0 Å². The van der Waals surface area contributed by atoms with Gasteiger partial charge in [-0.05, 0) is 30.3 Å². The number of nitrogen functional groups attached to an aromatic ring is 1. The first-order valence-corrected chi connectivity index (χ1v) is 6.05. The van der Waals surface area contributed by atoms with Crippen LogP contribution in [-0.2, 0) is 6.61 Å². The topological polar surface area (TPSA) is 64.3 Å². The van der Waals surface area contributed by atoms with Crippen molar-refractivity contribution in [2.45, 2.75) is 6.61 Å². The Labute approximate surface area is 116 Å². The Hall–Kier alpha value is -2.04. The highest BCUT2D eigenvalue weighted by Crippen LogP contribution is 2.18. The van der Waals surface area contributed by atoms with Gasteiger partial charge in [-0.15, -0.1) is 0 Å². The number of hydrogen-bond acceptors (Lipinski definition) is 3. The number of nitrogens with two attached hydrogens (primary N) is 1. The molecule has 0 aliphatic rings. The van der Waals surface area contributed by atoms with Crippen molar-refractivity contribution < 1.29 is 9.53 Å². The third kappa shape index (κ3) is 3.47. The van der Waals surface area contributed by atoms with Crippen LogP contribution in [0.15, 0.2) is 48.5 Å². The molecule has 5 heteroatoms. The Bertz CT molecular complexity index is 570. The highest BCUT2D eigenvalue weighted by Gasteiger charge is 2.09. The monoisotopic (exact) mass is 276 g/mol. The Morgan fingerprint density at radius 1 is 1.16 bits per heavy atom. The molecule has 19 heavy (non-hydrogen) atoms. The zero-order valence-electron chi connectivity index (χ0n) is 10.1. The van der Waals surface area contributed by atoms with Gasteiger partial charge in [0.2, 0.25) is 0 Å². The van der Waals surface area contributed by atoms with Crippen molar-refractivity contribution in [3.63, 3.8) is 0 Å². The summed E-state index contributed by atoms with van der Waals surface area (Å²) in [5.74, 6) is 5.49. The van der Waals surface area contributed by atoms with Crippen LogP contribution in [0.4, 0.5) is 0 Å². The summed E-state index contributed by atoms with van der Waals surface area (Å²) in [6, 6.07) is 14.2. The van der Waals surface area contributed by atoms with Crippen molar-refractivity contribution in [2.75, 3.05) is 0 Å². The van der Waals surface area contributed by atoms with Crippen molar-refractivity contribution >= 4 is 17.5 Å². The van der Waals surface area contributed by atoms with E-state index in [1.807, 2.05) is 12.1 Å². The van der Waals surface area contributed by atoms with Gasteiger partial charge in [-0.3, -0.25) is 10.2 Å². The van der Waals surface area contributed by atoms with Crippen LogP contribution in [0.2, 0.25) is 5.02 Å². The highest BCUT2D eigenvalue weighted by molar-refractivity contribution is 6.30. The van der Waals surface area contributed by atoms with Gasteiger partial charge in [-0.2, -0.15) is 0 Å². The number of rotatable bonds is 4. The number of hydrogen-bond donors (Lipinski definition) is 2. The molecule has 0 unspecified atom stereocenters. The van der Waals surface area contributed by atoms with Crippen molar-refractivity contribution in [1.29, 1.82) is 0 Å². The molecule has 2 aromatic rings. The summed E-state index contributed by atoms with van der Waals surface area (Å²) in [7, 11) is 0. The standard InChI is InChI=1S/C14H13ClN2O2/c15-11-5-7-12(8-6-11)19-9-10-3-1-2-4-13(10)14(18)17-16/h1-8H,9,16H2,(H,17,18). The molecule has 0 spiro atoms. The minimum atomic E-state index is -0.338. The lowest BCUT2D eigenvalue weighted by Crippen LogP contribution is -2.30. The zero-order chi connectivity index (χ0) is 13.7. The summed E-state index contributed by atoms with van der Waals surface area (Å²) in [4.78, 5) is 11.6. The van der Waals surface area contributed by atoms with E-state index in [-0.39, 0.29) is 12.5 Å². The first-order chi connectivity index (χ1) is 9.20. The molecule has 0 heterocycles. The third-order valence-corrected chi connectivity index (χ3v) is 2.85. The minimum Gasteiger partial charge on any atom is -0.489 e. The number of hydrazine groups is 1. The average molecular weight is 277 g/mol. The molecule has 0 saturated heterocycles. The van der Waals surface area contributed by atoms with Crippen LogP contribution in [0, 0.1) is 0 Å². The number of nitrogens with one attached hydrogen (secondary N) is 1. The molecule has 0 atom stereocenters. The van der Waals surface area contributed by atoms with E-state index in [1.165, 1.54) is 0 Å².